The maximum absolute atomic E-state index is 12.8. The summed E-state index contributed by atoms with van der Waals surface area (Å²) in [6.07, 6.45) is 1.81. The zero-order valence-electron chi connectivity index (χ0n) is 12.6. The number of hydrogen-bond donors (Lipinski definition) is 0. The van der Waals surface area contributed by atoms with Gasteiger partial charge in [0.15, 0.2) is 5.78 Å². The fraction of sp³-hybridized carbons (Fsp3) is 0.438. The molecule has 1 aliphatic heterocycles. The molecule has 1 aromatic carbocycles. The molecule has 1 fully saturated rings. The van der Waals surface area contributed by atoms with Gasteiger partial charge >= 0.3 is 6.18 Å². The summed E-state index contributed by atoms with van der Waals surface area (Å²) in [6, 6.07) is 3.18. The van der Waals surface area contributed by atoms with Crippen molar-refractivity contribution >= 4 is 17.5 Å². The molecule has 1 heterocycles. The molecule has 2 aliphatic rings. The molecule has 1 unspecified atom stereocenters. The quantitative estimate of drug-likeness (QED) is 0.576. The minimum Gasteiger partial charge on any atom is -0.289 e. The van der Waals surface area contributed by atoms with E-state index in [1.54, 1.807) is 6.26 Å². The van der Waals surface area contributed by atoms with E-state index in [2.05, 4.69) is 16.4 Å². The molecule has 0 saturated heterocycles. The molecular formula is C16H14F3N2OS. The number of thioether (sulfide) groups is 1. The lowest BCUT2D eigenvalue weighted by Gasteiger charge is -2.22. The van der Waals surface area contributed by atoms with Crippen LogP contribution in [0.1, 0.15) is 35.7 Å². The van der Waals surface area contributed by atoms with Gasteiger partial charge in [-0.1, -0.05) is 0 Å². The third-order valence-corrected chi connectivity index (χ3v) is 5.08. The summed E-state index contributed by atoms with van der Waals surface area (Å²) in [4.78, 5) is 13.1. The first-order chi connectivity index (χ1) is 10.8. The van der Waals surface area contributed by atoms with Gasteiger partial charge in [-0.15, -0.1) is 11.8 Å². The Kier molecular flexibility index (Phi) is 3.86. The second-order valence-electron chi connectivity index (χ2n) is 5.85. The third kappa shape index (κ3) is 2.82. The highest BCUT2D eigenvalue weighted by Crippen LogP contribution is 2.49. The van der Waals surface area contributed by atoms with Crippen molar-refractivity contribution in [1.82, 2.24) is 0 Å². The van der Waals surface area contributed by atoms with Crippen molar-refractivity contribution in [3.8, 4) is 0 Å². The van der Waals surface area contributed by atoms with Crippen molar-refractivity contribution in [2.45, 2.75) is 36.4 Å². The Morgan fingerprint density at radius 2 is 2.09 bits per heavy atom. The van der Waals surface area contributed by atoms with E-state index in [-0.39, 0.29) is 17.3 Å². The zero-order valence-corrected chi connectivity index (χ0v) is 13.4. The summed E-state index contributed by atoms with van der Waals surface area (Å²) in [5.74, 6) is -0.0881. The molecule has 1 aliphatic carbocycles. The number of Topliss-reactive ketones (excluding diaryl/α,β-unsaturated/α-hetero) is 1. The number of hydrogen-bond acceptors (Lipinski definition) is 4. The molecule has 0 aromatic heterocycles. The van der Waals surface area contributed by atoms with Gasteiger partial charge in [0.2, 0.25) is 0 Å². The average Bonchev–Trinajstić information content (AvgIpc) is 3.29. The van der Waals surface area contributed by atoms with Gasteiger partial charge in [-0.3, -0.25) is 4.79 Å². The second-order valence-corrected chi connectivity index (χ2v) is 6.70. The Labute approximate surface area is 136 Å². The van der Waals surface area contributed by atoms with Crippen molar-refractivity contribution in [3.05, 3.63) is 41.1 Å². The first kappa shape index (κ1) is 16.2. The van der Waals surface area contributed by atoms with E-state index < -0.39 is 17.3 Å². The van der Waals surface area contributed by atoms with Crippen molar-refractivity contribution < 1.29 is 18.0 Å². The highest BCUT2D eigenvalue weighted by molar-refractivity contribution is 7.98. The van der Waals surface area contributed by atoms with E-state index in [9.17, 15) is 18.0 Å². The summed E-state index contributed by atoms with van der Waals surface area (Å²) in [5.41, 5.74) is -0.875. The van der Waals surface area contributed by atoms with Crippen molar-refractivity contribution in [1.29, 1.82) is 0 Å². The van der Waals surface area contributed by atoms with Crippen LogP contribution >= 0.6 is 11.8 Å². The lowest BCUT2D eigenvalue weighted by molar-refractivity contribution is -0.137. The summed E-state index contributed by atoms with van der Waals surface area (Å²) in [6.45, 7) is 1.84. The van der Waals surface area contributed by atoms with E-state index >= 15 is 0 Å². The molecule has 3 rings (SSSR count). The first-order valence-electron chi connectivity index (χ1n) is 7.12. The summed E-state index contributed by atoms with van der Waals surface area (Å²) >= 11 is 1.11. The molecule has 1 atom stereocenters. The van der Waals surface area contributed by atoms with Gasteiger partial charge in [0.05, 0.1) is 11.1 Å². The number of carbonyl (C=O) groups excluding carboxylic acids is 1. The average molecular weight is 339 g/mol. The maximum Gasteiger partial charge on any atom is 0.416 e. The number of halogens is 3. The van der Waals surface area contributed by atoms with Crippen LogP contribution in [0.15, 0.2) is 38.9 Å². The highest BCUT2D eigenvalue weighted by atomic mass is 32.2. The molecular weight excluding hydrogens is 325 g/mol. The fourth-order valence-electron chi connectivity index (χ4n) is 2.74. The normalized spacial score (nSPS) is 24.0. The molecule has 1 saturated carbocycles. The Hall–Kier alpha value is -1.63. The standard InChI is InChI=1S/C16H14F3N2OS/c1-15(9-3-4-9)12(8-20-21-15)14(22)11-6-5-10(16(17,18)19)7-13(11)23-2/h5-7,9H,3-4H2,1-2H3. The molecule has 0 spiro atoms. The molecule has 0 bridgehead atoms. The van der Waals surface area contributed by atoms with E-state index in [1.807, 2.05) is 6.92 Å². The monoisotopic (exact) mass is 339 g/mol. The van der Waals surface area contributed by atoms with Gasteiger partial charge < -0.3 is 0 Å². The lowest BCUT2D eigenvalue weighted by atomic mass is 9.84. The Morgan fingerprint density at radius 1 is 1.39 bits per heavy atom. The van der Waals surface area contributed by atoms with Crippen LogP contribution in [0.3, 0.4) is 0 Å². The number of nitrogens with zero attached hydrogens (tertiary/aromatic N) is 2. The maximum atomic E-state index is 12.8. The number of azo groups is 1. The number of rotatable bonds is 4. The summed E-state index contributed by atoms with van der Waals surface area (Å²) in [7, 11) is 0. The van der Waals surface area contributed by atoms with Crippen LogP contribution in [-0.2, 0) is 6.18 Å². The van der Waals surface area contributed by atoms with E-state index in [0.29, 0.717) is 10.5 Å². The summed E-state index contributed by atoms with van der Waals surface area (Å²) < 4.78 is 38.5. The molecule has 1 aromatic rings. The molecule has 121 valence electrons. The van der Waals surface area contributed by atoms with Gasteiger partial charge in [-0.25, -0.2) is 0 Å². The zero-order chi connectivity index (χ0) is 16.8. The van der Waals surface area contributed by atoms with Gasteiger partial charge in [0, 0.05) is 10.5 Å². The summed E-state index contributed by atoms with van der Waals surface area (Å²) in [5, 5.41) is 7.91. The lowest BCUT2D eigenvalue weighted by Crippen LogP contribution is -2.30. The van der Waals surface area contributed by atoms with Crippen molar-refractivity contribution in [3.63, 3.8) is 0 Å². The minimum atomic E-state index is -4.43. The molecule has 23 heavy (non-hydrogen) atoms. The number of carbonyl (C=O) groups is 1. The third-order valence-electron chi connectivity index (χ3n) is 4.30. The molecule has 1 radical (unpaired) electrons. The van der Waals surface area contributed by atoms with Gasteiger partial charge in [-0.05, 0) is 50.1 Å². The fourth-order valence-corrected chi connectivity index (χ4v) is 3.37. The number of ketones is 1. The van der Waals surface area contributed by atoms with Crippen LogP contribution in [0.4, 0.5) is 13.2 Å². The highest BCUT2D eigenvalue weighted by Gasteiger charge is 2.49. The van der Waals surface area contributed by atoms with Crippen LogP contribution in [-0.4, -0.2) is 17.6 Å². The smallest absolute Gasteiger partial charge is 0.289 e. The largest absolute Gasteiger partial charge is 0.416 e. The van der Waals surface area contributed by atoms with Crippen LogP contribution in [0.5, 0.6) is 0 Å². The van der Waals surface area contributed by atoms with Crippen LogP contribution in [0.2, 0.25) is 0 Å². The molecule has 3 nitrogen and oxygen atoms in total. The second kappa shape index (κ2) is 5.47. The van der Waals surface area contributed by atoms with Crippen molar-refractivity contribution in [2.75, 3.05) is 6.26 Å². The van der Waals surface area contributed by atoms with Gasteiger partial charge in [-0.2, -0.15) is 23.4 Å². The molecule has 0 N–H and O–H groups in total. The van der Waals surface area contributed by atoms with E-state index in [0.717, 1.165) is 36.7 Å². The predicted molar refractivity (Wildman–Crippen MR) is 80.3 cm³/mol. The number of benzene rings is 1. The van der Waals surface area contributed by atoms with Crippen LogP contribution < -0.4 is 0 Å². The van der Waals surface area contributed by atoms with Gasteiger partial charge in [0.1, 0.15) is 11.7 Å². The number of alkyl halides is 3. The van der Waals surface area contributed by atoms with E-state index in [4.69, 9.17) is 0 Å². The Morgan fingerprint density at radius 3 is 2.65 bits per heavy atom. The Bertz CT molecular complexity index is 723. The van der Waals surface area contributed by atoms with Crippen LogP contribution in [0, 0.1) is 12.1 Å². The van der Waals surface area contributed by atoms with E-state index in [1.165, 1.54) is 6.07 Å². The predicted octanol–water partition coefficient (Wildman–Crippen LogP) is 4.93. The molecule has 7 heteroatoms. The topological polar surface area (TPSA) is 41.8 Å². The van der Waals surface area contributed by atoms with Gasteiger partial charge in [0.25, 0.3) is 0 Å². The first-order valence-corrected chi connectivity index (χ1v) is 8.35. The van der Waals surface area contributed by atoms with Crippen molar-refractivity contribution in [2.24, 2.45) is 16.1 Å². The minimum absolute atomic E-state index is 0.243. The van der Waals surface area contributed by atoms with Crippen LogP contribution in [0.25, 0.3) is 0 Å². The Balaban J connectivity index is 1.97. The molecule has 0 amide bonds. The SMILES string of the molecule is CSc1cc(C(F)(F)F)ccc1C(=O)C1=[C]N=NC1(C)C1CC1.